The molecule has 0 aliphatic carbocycles. The van der Waals surface area contributed by atoms with Gasteiger partial charge in [-0.2, -0.15) is 0 Å². The predicted octanol–water partition coefficient (Wildman–Crippen LogP) is 24.4. The molecule has 0 aromatic rings. The molecule has 81 heavy (non-hydrogen) atoms. The van der Waals surface area contributed by atoms with Crippen LogP contribution in [0, 0.1) is 0 Å². The number of hydrogen-bond acceptors (Lipinski definition) is 6. The van der Waals surface area contributed by atoms with Gasteiger partial charge in [-0.05, 0) is 109 Å². The fourth-order valence-electron chi connectivity index (χ4n) is 10.4. The Balaban J connectivity index is 4.23. The molecule has 0 rings (SSSR count). The van der Waals surface area contributed by atoms with Gasteiger partial charge >= 0.3 is 17.9 Å². The predicted molar refractivity (Wildman–Crippen MR) is 353 cm³/mol. The molecule has 0 saturated heterocycles. The van der Waals surface area contributed by atoms with Crippen LogP contribution in [0.2, 0.25) is 0 Å². The molecule has 1 atom stereocenters. The van der Waals surface area contributed by atoms with Gasteiger partial charge in [0, 0.05) is 19.3 Å². The quantitative estimate of drug-likeness (QED) is 0.0261. The Labute approximate surface area is 503 Å². The maximum atomic E-state index is 12.9. The van der Waals surface area contributed by atoms with E-state index in [1.165, 1.54) is 238 Å². The second-order valence-electron chi connectivity index (χ2n) is 23.8. The summed E-state index contributed by atoms with van der Waals surface area (Å²) in [5, 5.41) is 0. The molecule has 0 radical (unpaired) electrons. The fraction of sp³-hybridized carbons (Fsp3) is 0.800. The topological polar surface area (TPSA) is 78.9 Å². The first-order valence-electron chi connectivity index (χ1n) is 35.4. The summed E-state index contributed by atoms with van der Waals surface area (Å²) in [6.07, 6.45) is 90.9. The molecule has 0 heterocycles. The van der Waals surface area contributed by atoms with E-state index in [0.717, 1.165) is 89.9 Å². The van der Waals surface area contributed by atoms with Crippen molar-refractivity contribution in [1.29, 1.82) is 0 Å². The van der Waals surface area contributed by atoms with Crippen molar-refractivity contribution in [2.75, 3.05) is 13.2 Å². The van der Waals surface area contributed by atoms with Crippen molar-refractivity contribution in [3.8, 4) is 0 Å². The standard InChI is InChI=1S/C75H134O6/c1-4-7-10-13-16-19-22-25-27-29-31-33-34-35-36-37-38-39-40-42-43-45-47-50-53-56-59-62-65-68-74(77)80-71-72(70-79-73(76)67-64-61-58-55-52-49-24-21-18-15-12-9-6-3)81-75(78)69-66-63-60-57-54-51-48-46-44-41-32-30-28-26-23-20-17-14-11-8-5-2/h9,12,18,21-22,25,29-32,49,52,72H,4-8,10-11,13-17,19-20,23-24,26-28,33-48,50-51,53-71H2,1-3H3/b12-9-,21-18-,25-22-,31-29-,32-30-,52-49-. The van der Waals surface area contributed by atoms with Crippen molar-refractivity contribution < 1.29 is 28.6 Å². The van der Waals surface area contributed by atoms with Crippen LogP contribution in [0.15, 0.2) is 72.9 Å². The molecule has 0 spiro atoms. The molecule has 0 aromatic carbocycles. The van der Waals surface area contributed by atoms with Crippen LogP contribution in [0.5, 0.6) is 0 Å². The Morgan fingerprint density at radius 3 is 0.778 bits per heavy atom. The molecule has 0 aromatic heterocycles. The summed E-state index contributed by atoms with van der Waals surface area (Å²) in [6, 6.07) is 0. The minimum Gasteiger partial charge on any atom is -0.462 e. The van der Waals surface area contributed by atoms with Crippen LogP contribution in [0.4, 0.5) is 0 Å². The third kappa shape index (κ3) is 67.5. The molecule has 6 heteroatoms. The summed E-state index contributed by atoms with van der Waals surface area (Å²) in [7, 11) is 0. The lowest BCUT2D eigenvalue weighted by atomic mass is 10.0. The zero-order valence-corrected chi connectivity index (χ0v) is 54.1. The monoisotopic (exact) mass is 1130 g/mol. The molecule has 0 bridgehead atoms. The number of allylic oxidation sites excluding steroid dienone is 12. The minimum atomic E-state index is -0.789. The van der Waals surface area contributed by atoms with Gasteiger partial charge < -0.3 is 14.2 Å². The van der Waals surface area contributed by atoms with Gasteiger partial charge in [-0.3, -0.25) is 14.4 Å². The van der Waals surface area contributed by atoms with E-state index in [-0.39, 0.29) is 31.1 Å². The third-order valence-electron chi connectivity index (χ3n) is 15.7. The largest absolute Gasteiger partial charge is 0.462 e. The van der Waals surface area contributed by atoms with E-state index in [9.17, 15) is 14.4 Å². The molecular weight excluding hydrogens is 997 g/mol. The summed E-state index contributed by atoms with van der Waals surface area (Å²) in [4.78, 5) is 38.4. The van der Waals surface area contributed by atoms with Crippen LogP contribution in [-0.2, 0) is 28.6 Å². The normalized spacial score (nSPS) is 12.5. The number of rotatable bonds is 65. The molecule has 0 N–H and O–H groups in total. The smallest absolute Gasteiger partial charge is 0.306 e. The Kier molecular flexibility index (Phi) is 66.6. The van der Waals surface area contributed by atoms with Gasteiger partial charge in [0.15, 0.2) is 6.10 Å². The zero-order chi connectivity index (χ0) is 58.5. The number of unbranched alkanes of at least 4 members (excludes halogenated alkanes) is 42. The first-order valence-corrected chi connectivity index (χ1v) is 35.4. The molecule has 0 saturated carbocycles. The Bertz CT molecular complexity index is 1490. The van der Waals surface area contributed by atoms with E-state index in [1.807, 2.05) is 0 Å². The second kappa shape index (κ2) is 69.3. The number of carbonyl (C=O) groups is 3. The van der Waals surface area contributed by atoms with Gasteiger partial charge in [0.05, 0.1) is 0 Å². The summed E-state index contributed by atoms with van der Waals surface area (Å²) >= 11 is 0. The Morgan fingerprint density at radius 1 is 0.259 bits per heavy atom. The van der Waals surface area contributed by atoms with Crippen molar-refractivity contribution in [2.24, 2.45) is 0 Å². The highest BCUT2D eigenvalue weighted by Gasteiger charge is 2.19. The van der Waals surface area contributed by atoms with E-state index in [2.05, 4.69) is 93.7 Å². The molecule has 0 aliphatic rings. The lowest BCUT2D eigenvalue weighted by Crippen LogP contribution is -2.30. The summed E-state index contributed by atoms with van der Waals surface area (Å²) in [5.74, 6) is -0.896. The third-order valence-corrected chi connectivity index (χ3v) is 15.7. The summed E-state index contributed by atoms with van der Waals surface area (Å²) in [6.45, 7) is 6.54. The molecule has 470 valence electrons. The molecular formula is C75H134O6. The van der Waals surface area contributed by atoms with Crippen LogP contribution in [0.25, 0.3) is 0 Å². The molecule has 1 unspecified atom stereocenters. The van der Waals surface area contributed by atoms with Crippen LogP contribution in [0.1, 0.15) is 367 Å². The second-order valence-corrected chi connectivity index (χ2v) is 23.8. The van der Waals surface area contributed by atoms with Gasteiger partial charge in [-0.15, -0.1) is 0 Å². The lowest BCUT2D eigenvalue weighted by molar-refractivity contribution is -0.167. The van der Waals surface area contributed by atoms with E-state index in [0.29, 0.717) is 19.3 Å². The minimum absolute atomic E-state index is 0.0826. The van der Waals surface area contributed by atoms with Crippen LogP contribution in [-0.4, -0.2) is 37.2 Å². The van der Waals surface area contributed by atoms with Crippen molar-refractivity contribution in [1.82, 2.24) is 0 Å². The lowest BCUT2D eigenvalue weighted by Gasteiger charge is -2.18. The average Bonchev–Trinajstić information content (AvgIpc) is 3.46. The highest BCUT2D eigenvalue weighted by atomic mass is 16.6. The van der Waals surface area contributed by atoms with Crippen LogP contribution < -0.4 is 0 Å². The van der Waals surface area contributed by atoms with E-state index in [1.54, 1.807) is 0 Å². The number of carbonyl (C=O) groups excluding carboxylic acids is 3. The summed E-state index contributed by atoms with van der Waals surface area (Å²) < 4.78 is 16.9. The Morgan fingerprint density at radius 2 is 0.481 bits per heavy atom. The van der Waals surface area contributed by atoms with E-state index >= 15 is 0 Å². The number of hydrogen-bond donors (Lipinski definition) is 0. The summed E-state index contributed by atoms with van der Waals surface area (Å²) in [5.41, 5.74) is 0. The maximum absolute atomic E-state index is 12.9. The van der Waals surface area contributed by atoms with Gasteiger partial charge in [0.2, 0.25) is 0 Å². The van der Waals surface area contributed by atoms with Crippen LogP contribution >= 0.6 is 0 Å². The number of ether oxygens (including phenoxy) is 3. The van der Waals surface area contributed by atoms with Crippen LogP contribution in [0.3, 0.4) is 0 Å². The van der Waals surface area contributed by atoms with Gasteiger partial charge in [-0.1, -0.05) is 312 Å². The molecule has 0 amide bonds. The zero-order valence-electron chi connectivity index (χ0n) is 54.1. The first kappa shape index (κ1) is 77.9. The molecule has 6 nitrogen and oxygen atoms in total. The van der Waals surface area contributed by atoms with Gasteiger partial charge in [0.1, 0.15) is 13.2 Å². The number of esters is 3. The highest BCUT2D eigenvalue weighted by Crippen LogP contribution is 2.18. The van der Waals surface area contributed by atoms with Crippen molar-refractivity contribution >= 4 is 17.9 Å². The van der Waals surface area contributed by atoms with E-state index in [4.69, 9.17) is 14.2 Å². The van der Waals surface area contributed by atoms with Gasteiger partial charge in [-0.25, -0.2) is 0 Å². The molecule has 0 fully saturated rings. The van der Waals surface area contributed by atoms with Crippen molar-refractivity contribution in [3.05, 3.63) is 72.9 Å². The molecule has 0 aliphatic heterocycles. The van der Waals surface area contributed by atoms with Gasteiger partial charge in [0.25, 0.3) is 0 Å². The first-order chi connectivity index (χ1) is 40.0. The van der Waals surface area contributed by atoms with Crippen molar-refractivity contribution in [2.45, 2.75) is 374 Å². The van der Waals surface area contributed by atoms with E-state index < -0.39 is 6.10 Å². The maximum Gasteiger partial charge on any atom is 0.306 e. The fourth-order valence-corrected chi connectivity index (χ4v) is 10.4. The highest BCUT2D eigenvalue weighted by molar-refractivity contribution is 5.71. The SMILES string of the molecule is CC/C=C\C/C=C\C/C=C\CCCCCC(=O)OCC(COC(=O)CCCCCCCCCCCCCCCCCCC/C=C\C/C=C\CCCCCCC)OC(=O)CCCCCCCCCCC/C=C\CCCCCCCCCC. The Hall–Kier alpha value is -3.15. The van der Waals surface area contributed by atoms with Crippen molar-refractivity contribution in [3.63, 3.8) is 0 Å². The average molecular weight is 1130 g/mol.